The maximum atomic E-state index is 2.74. The smallest absolute Gasteiger partial charge is 0.0146 e. The maximum absolute atomic E-state index is 2.74. The lowest BCUT2D eigenvalue weighted by atomic mass is 9.55. The van der Waals surface area contributed by atoms with Gasteiger partial charge in [0, 0.05) is 0 Å². The van der Waals surface area contributed by atoms with E-state index in [1.165, 1.54) is 116 Å². The molecule has 0 N–H and O–H groups in total. The van der Waals surface area contributed by atoms with Crippen molar-refractivity contribution < 1.29 is 0 Å². The molecule has 0 spiro atoms. The van der Waals surface area contributed by atoms with Gasteiger partial charge in [0.2, 0.25) is 0 Å². The molecular weight excluding hydrogens is 516 g/mol. The molecule has 0 saturated heterocycles. The van der Waals surface area contributed by atoms with Gasteiger partial charge in [0.25, 0.3) is 0 Å². The Kier molecular flexibility index (Phi) is 14.6. The molecule has 0 nitrogen and oxygen atoms in total. The number of hydrogen-bond acceptors (Lipinski definition) is 0. The lowest BCUT2D eigenvalue weighted by molar-refractivity contribution is 0.0141. The summed E-state index contributed by atoms with van der Waals surface area (Å²) in [5, 5.41) is 0. The predicted molar refractivity (Wildman–Crippen MR) is 191 cm³/mol. The molecule has 43 heavy (non-hydrogen) atoms. The summed E-state index contributed by atoms with van der Waals surface area (Å²) in [5.74, 6) is 12.1. The minimum Gasteiger partial charge on any atom is -0.0850 e. The molecule has 0 heterocycles. The Morgan fingerprint density at radius 3 is 1.98 bits per heavy atom. The van der Waals surface area contributed by atoms with Crippen molar-refractivity contribution in [3.05, 3.63) is 11.6 Å². The van der Waals surface area contributed by atoms with Crippen LogP contribution in [-0.2, 0) is 0 Å². The molecule has 250 valence electrons. The molecule has 0 aromatic heterocycles. The molecule has 4 aliphatic rings. The first-order valence-electron chi connectivity index (χ1n) is 20.5. The largest absolute Gasteiger partial charge is 0.0850 e. The van der Waals surface area contributed by atoms with Crippen molar-refractivity contribution in [1.29, 1.82) is 0 Å². The van der Waals surface area contributed by atoms with Gasteiger partial charge in [0.15, 0.2) is 0 Å². The minimum atomic E-state index is 0.832. The molecule has 3 fully saturated rings. The molecule has 10 atom stereocenters. The summed E-state index contributed by atoms with van der Waals surface area (Å²) in [5.41, 5.74) is 1.90. The van der Waals surface area contributed by atoms with Gasteiger partial charge in [0.1, 0.15) is 0 Å². The molecule has 0 heteroatoms. The highest BCUT2D eigenvalue weighted by atomic mass is 14.5. The quantitative estimate of drug-likeness (QED) is 0.221. The third-order valence-corrected chi connectivity index (χ3v) is 14.8. The first kappa shape index (κ1) is 35.6. The molecule has 4 aliphatic carbocycles. The number of allylic oxidation sites excluding steroid dienone is 2. The Balaban J connectivity index is 1.63. The first-order chi connectivity index (χ1) is 20.8. The van der Waals surface area contributed by atoms with Crippen LogP contribution in [0.25, 0.3) is 0 Å². The molecule has 0 aromatic rings. The summed E-state index contributed by atoms with van der Waals surface area (Å²) >= 11 is 0. The van der Waals surface area contributed by atoms with E-state index in [9.17, 15) is 0 Å². The van der Waals surface area contributed by atoms with Crippen LogP contribution in [0.15, 0.2) is 11.6 Å². The SMILES string of the molecule is CCC(C)C(C1=CCCCC1)C1CC(C2CCC(C)C(C3CCCCC3)C(C)CCCC2C(CC)CC)CCC1C(C)C. The molecular formula is C43H78. The van der Waals surface area contributed by atoms with Crippen LogP contribution in [0.2, 0.25) is 0 Å². The third-order valence-electron chi connectivity index (χ3n) is 14.8. The van der Waals surface area contributed by atoms with Crippen molar-refractivity contribution in [2.45, 2.75) is 184 Å². The Morgan fingerprint density at radius 2 is 1.35 bits per heavy atom. The predicted octanol–water partition coefficient (Wildman–Crippen LogP) is 13.9. The van der Waals surface area contributed by atoms with Gasteiger partial charge >= 0.3 is 0 Å². The first-order valence-corrected chi connectivity index (χ1v) is 20.5. The topological polar surface area (TPSA) is 0 Å². The average Bonchev–Trinajstić information content (AvgIpc) is 3.02. The zero-order chi connectivity index (χ0) is 30.9. The van der Waals surface area contributed by atoms with Gasteiger partial charge in [-0.25, -0.2) is 0 Å². The van der Waals surface area contributed by atoms with E-state index < -0.39 is 0 Å². The number of hydrogen-bond donors (Lipinski definition) is 0. The highest BCUT2D eigenvalue weighted by molar-refractivity contribution is 5.13. The van der Waals surface area contributed by atoms with E-state index in [2.05, 4.69) is 61.5 Å². The average molecular weight is 595 g/mol. The van der Waals surface area contributed by atoms with Crippen LogP contribution in [0.4, 0.5) is 0 Å². The van der Waals surface area contributed by atoms with Gasteiger partial charge in [0.05, 0.1) is 0 Å². The van der Waals surface area contributed by atoms with E-state index in [0.717, 1.165) is 76.9 Å². The van der Waals surface area contributed by atoms with Crippen LogP contribution < -0.4 is 0 Å². The molecule has 0 radical (unpaired) electrons. The van der Waals surface area contributed by atoms with Crippen molar-refractivity contribution >= 4 is 0 Å². The number of rotatable bonds is 10. The van der Waals surface area contributed by atoms with Gasteiger partial charge < -0.3 is 0 Å². The second-order valence-electron chi connectivity index (χ2n) is 17.4. The van der Waals surface area contributed by atoms with Gasteiger partial charge in [-0.15, -0.1) is 0 Å². The van der Waals surface area contributed by atoms with Crippen LogP contribution in [0, 0.1) is 76.9 Å². The molecule has 0 bridgehead atoms. The highest BCUT2D eigenvalue weighted by Crippen LogP contribution is 2.54. The van der Waals surface area contributed by atoms with Crippen LogP contribution in [0.5, 0.6) is 0 Å². The zero-order valence-electron chi connectivity index (χ0n) is 30.7. The highest BCUT2D eigenvalue weighted by Gasteiger charge is 2.44. The van der Waals surface area contributed by atoms with Crippen molar-refractivity contribution in [2.24, 2.45) is 76.9 Å². The molecule has 0 amide bonds. The summed E-state index contributed by atoms with van der Waals surface area (Å²) in [6, 6.07) is 0. The summed E-state index contributed by atoms with van der Waals surface area (Å²) in [6.07, 6.45) is 32.3. The lowest BCUT2D eigenvalue weighted by Crippen LogP contribution is -2.41. The maximum Gasteiger partial charge on any atom is -0.0146 e. The second kappa shape index (κ2) is 17.6. The van der Waals surface area contributed by atoms with Crippen molar-refractivity contribution in [3.63, 3.8) is 0 Å². The standard InChI is InChI=1S/C43H78/c1-9-31(6)43(36-22-16-13-17-23-36)41-29-37(26-28-38(41)30(4)5)40-27-25-33(8)42(35-20-14-12-15-21-35)32(7)19-18-24-39(40)34(10-2)11-3/h22,30-35,37-43H,9-21,23-29H2,1-8H3. The fourth-order valence-corrected chi connectivity index (χ4v) is 12.4. The van der Waals surface area contributed by atoms with E-state index in [4.69, 9.17) is 0 Å². The summed E-state index contributed by atoms with van der Waals surface area (Å²) in [4.78, 5) is 0. The Morgan fingerprint density at radius 1 is 0.628 bits per heavy atom. The summed E-state index contributed by atoms with van der Waals surface area (Å²) in [7, 11) is 0. The normalized spacial score (nSPS) is 37.2. The Bertz CT molecular complexity index is 795. The van der Waals surface area contributed by atoms with Crippen LogP contribution in [0.3, 0.4) is 0 Å². The van der Waals surface area contributed by atoms with Crippen molar-refractivity contribution in [2.75, 3.05) is 0 Å². The van der Waals surface area contributed by atoms with Gasteiger partial charge in [-0.05, 0) is 135 Å². The van der Waals surface area contributed by atoms with Crippen LogP contribution in [0.1, 0.15) is 184 Å². The van der Waals surface area contributed by atoms with Crippen molar-refractivity contribution in [1.82, 2.24) is 0 Å². The minimum absolute atomic E-state index is 0.832. The molecule has 0 aliphatic heterocycles. The van der Waals surface area contributed by atoms with Gasteiger partial charge in [-0.3, -0.25) is 0 Å². The van der Waals surface area contributed by atoms with E-state index in [-0.39, 0.29) is 0 Å². The molecule has 0 aromatic carbocycles. The van der Waals surface area contributed by atoms with E-state index in [1.54, 1.807) is 12.8 Å². The van der Waals surface area contributed by atoms with Gasteiger partial charge in [-0.2, -0.15) is 0 Å². The molecule has 10 unspecified atom stereocenters. The monoisotopic (exact) mass is 595 g/mol. The fourth-order valence-electron chi connectivity index (χ4n) is 12.4. The van der Waals surface area contributed by atoms with E-state index >= 15 is 0 Å². The molecule has 4 rings (SSSR count). The zero-order valence-corrected chi connectivity index (χ0v) is 30.7. The van der Waals surface area contributed by atoms with Gasteiger partial charge in [-0.1, -0.05) is 138 Å². The Hall–Kier alpha value is -0.260. The summed E-state index contributed by atoms with van der Waals surface area (Å²) in [6.45, 7) is 20.7. The van der Waals surface area contributed by atoms with Crippen molar-refractivity contribution in [3.8, 4) is 0 Å². The molecule has 3 saturated carbocycles. The second-order valence-corrected chi connectivity index (χ2v) is 17.4. The third kappa shape index (κ3) is 8.97. The van der Waals surface area contributed by atoms with E-state index in [0.29, 0.717) is 0 Å². The fraction of sp³-hybridized carbons (Fsp3) is 0.953. The Labute approximate surface area is 271 Å². The summed E-state index contributed by atoms with van der Waals surface area (Å²) < 4.78 is 0. The lowest BCUT2D eigenvalue weighted by Gasteiger charge is -2.50. The van der Waals surface area contributed by atoms with E-state index in [1.807, 2.05) is 5.57 Å². The van der Waals surface area contributed by atoms with Crippen LogP contribution >= 0.6 is 0 Å². The van der Waals surface area contributed by atoms with Crippen LogP contribution in [-0.4, -0.2) is 0 Å².